The van der Waals surface area contributed by atoms with Crippen molar-refractivity contribution in [2.45, 2.75) is 5.16 Å². The Hall–Kier alpha value is -1.41. The lowest BCUT2D eigenvalue weighted by Crippen LogP contribution is -1.97. The van der Waals surface area contributed by atoms with Gasteiger partial charge >= 0.3 is 5.97 Å². The van der Waals surface area contributed by atoms with E-state index in [1.807, 2.05) is 0 Å². The van der Waals surface area contributed by atoms with Crippen molar-refractivity contribution in [3.63, 3.8) is 0 Å². The lowest BCUT2D eigenvalue weighted by Gasteiger charge is -2.00. The summed E-state index contributed by atoms with van der Waals surface area (Å²) in [6, 6.07) is 4.57. The zero-order chi connectivity index (χ0) is 13.1. The fourth-order valence-corrected chi connectivity index (χ4v) is 2.32. The first-order chi connectivity index (χ1) is 8.58. The normalized spacial score (nSPS) is 10.6. The molecule has 2 aromatic rings. The molecular formula is C10H7BrFN3O2S. The first kappa shape index (κ1) is 13.0. The predicted octanol–water partition coefficient (Wildman–Crippen LogP) is 2.55. The van der Waals surface area contributed by atoms with Crippen LogP contribution >= 0.6 is 27.7 Å². The number of thioether (sulfide) groups is 1. The Balaban J connectivity index is 2.27. The van der Waals surface area contributed by atoms with E-state index in [0.717, 1.165) is 11.8 Å². The van der Waals surface area contributed by atoms with Crippen LogP contribution in [0.3, 0.4) is 0 Å². The Labute approximate surface area is 114 Å². The van der Waals surface area contributed by atoms with E-state index < -0.39 is 11.8 Å². The first-order valence-electron chi connectivity index (χ1n) is 4.79. The van der Waals surface area contributed by atoms with E-state index in [9.17, 15) is 9.18 Å². The third kappa shape index (κ3) is 2.88. The molecule has 2 N–H and O–H groups in total. The summed E-state index contributed by atoms with van der Waals surface area (Å²) in [4.78, 5) is 14.4. The number of rotatable bonds is 4. The lowest BCUT2D eigenvalue weighted by molar-refractivity contribution is -0.133. The number of nitrogens with one attached hydrogen (secondary N) is 1. The van der Waals surface area contributed by atoms with Crippen molar-refractivity contribution in [2.75, 3.05) is 5.75 Å². The van der Waals surface area contributed by atoms with Crippen LogP contribution in [-0.4, -0.2) is 32.0 Å². The van der Waals surface area contributed by atoms with Crippen molar-refractivity contribution in [3.05, 3.63) is 28.5 Å². The smallest absolute Gasteiger partial charge is 0.313 e. The van der Waals surface area contributed by atoms with Gasteiger partial charge in [0, 0.05) is 4.47 Å². The molecular weight excluding hydrogens is 325 g/mol. The number of halogens is 2. The summed E-state index contributed by atoms with van der Waals surface area (Å²) < 4.78 is 14.2. The first-order valence-corrected chi connectivity index (χ1v) is 6.57. The molecule has 0 amide bonds. The van der Waals surface area contributed by atoms with Crippen LogP contribution in [-0.2, 0) is 4.79 Å². The van der Waals surface area contributed by atoms with Crippen LogP contribution in [0.1, 0.15) is 0 Å². The second-order valence-corrected chi connectivity index (χ2v) is 5.04. The number of hydrogen-bond acceptors (Lipinski definition) is 4. The van der Waals surface area contributed by atoms with Gasteiger partial charge in [0.15, 0.2) is 5.82 Å². The highest BCUT2D eigenvalue weighted by Crippen LogP contribution is 2.29. The SMILES string of the molecule is O=C(O)CSc1n[nH]c(-c2c(F)cccc2Br)n1. The fourth-order valence-electron chi connectivity index (χ4n) is 1.27. The van der Waals surface area contributed by atoms with Gasteiger partial charge in [0.2, 0.25) is 5.16 Å². The topological polar surface area (TPSA) is 78.9 Å². The number of carboxylic acids is 1. The number of aromatic amines is 1. The van der Waals surface area contributed by atoms with Crippen molar-refractivity contribution in [2.24, 2.45) is 0 Å². The van der Waals surface area contributed by atoms with Crippen LogP contribution in [0.25, 0.3) is 11.4 Å². The zero-order valence-corrected chi connectivity index (χ0v) is 11.3. The minimum Gasteiger partial charge on any atom is -0.481 e. The predicted molar refractivity (Wildman–Crippen MR) is 67.8 cm³/mol. The van der Waals surface area contributed by atoms with E-state index in [-0.39, 0.29) is 22.3 Å². The highest BCUT2D eigenvalue weighted by molar-refractivity contribution is 9.10. The molecule has 1 aromatic heterocycles. The average molecular weight is 332 g/mol. The van der Waals surface area contributed by atoms with Crippen LogP contribution < -0.4 is 0 Å². The van der Waals surface area contributed by atoms with Gasteiger partial charge in [-0.3, -0.25) is 9.89 Å². The number of nitrogens with zero attached hydrogens (tertiary/aromatic N) is 2. The minimum atomic E-state index is -0.960. The summed E-state index contributed by atoms with van der Waals surface area (Å²) in [6.07, 6.45) is 0. The van der Waals surface area contributed by atoms with Crippen LogP contribution in [0.5, 0.6) is 0 Å². The standard InChI is InChI=1S/C10H7BrFN3O2S/c11-5-2-1-3-6(12)8(5)9-13-10(15-14-9)18-4-7(16)17/h1-3H,4H2,(H,16,17)(H,13,14,15). The molecule has 1 heterocycles. The average Bonchev–Trinajstić information content (AvgIpc) is 2.75. The Bertz CT molecular complexity index is 570. The van der Waals surface area contributed by atoms with E-state index in [1.54, 1.807) is 12.1 Å². The maximum absolute atomic E-state index is 13.6. The number of aliphatic carboxylic acids is 1. The summed E-state index contributed by atoms with van der Waals surface area (Å²) in [7, 11) is 0. The lowest BCUT2D eigenvalue weighted by atomic mass is 10.2. The van der Waals surface area contributed by atoms with E-state index in [0.29, 0.717) is 4.47 Å². The number of hydrogen-bond donors (Lipinski definition) is 2. The van der Waals surface area contributed by atoms with Gasteiger partial charge in [0.1, 0.15) is 5.82 Å². The zero-order valence-electron chi connectivity index (χ0n) is 8.85. The molecule has 0 atom stereocenters. The molecule has 94 valence electrons. The van der Waals surface area contributed by atoms with Crippen molar-refractivity contribution in [1.29, 1.82) is 0 Å². The third-order valence-corrected chi connectivity index (χ3v) is 3.48. The largest absolute Gasteiger partial charge is 0.481 e. The van der Waals surface area contributed by atoms with E-state index in [1.165, 1.54) is 6.07 Å². The molecule has 0 saturated carbocycles. The molecule has 0 saturated heterocycles. The fraction of sp³-hybridized carbons (Fsp3) is 0.100. The summed E-state index contributed by atoms with van der Waals surface area (Å²) in [5.74, 6) is -1.28. The molecule has 0 aliphatic heterocycles. The molecule has 18 heavy (non-hydrogen) atoms. The molecule has 1 aromatic carbocycles. The van der Waals surface area contributed by atoms with Gasteiger partial charge in [0.05, 0.1) is 11.3 Å². The minimum absolute atomic E-state index is 0.143. The Morgan fingerprint density at radius 3 is 3.00 bits per heavy atom. The quantitative estimate of drug-likeness (QED) is 0.842. The molecule has 0 unspecified atom stereocenters. The number of carboxylic acid groups (broad SMARTS) is 1. The highest BCUT2D eigenvalue weighted by Gasteiger charge is 2.14. The van der Waals surface area contributed by atoms with Crippen LogP contribution in [0.4, 0.5) is 4.39 Å². The molecule has 0 aliphatic carbocycles. The summed E-state index contributed by atoms with van der Waals surface area (Å²) in [5, 5.41) is 15.2. The van der Waals surface area contributed by atoms with Crippen molar-refractivity contribution in [3.8, 4) is 11.4 Å². The Morgan fingerprint density at radius 1 is 1.56 bits per heavy atom. The number of benzene rings is 1. The Morgan fingerprint density at radius 2 is 2.33 bits per heavy atom. The van der Waals surface area contributed by atoms with Gasteiger partial charge in [-0.05, 0) is 28.1 Å². The highest BCUT2D eigenvalue weighted by atomic mass is 79.9. The van der Waals surface area contributed by atoms with Gasteiger partial charge in [-0.1, -0.05) is 17.8 Å². The van der Waals surface area contributed by atoms with Gasteiger partial charge in [-0.2, -0.15) is 0 Å². The number of carbonyl (C=O) groups is 1. The van der Waals surface area contributed by atoms with E-state index in [2.05, 4.69) is 31.1 Å². The number of aromatic nitrogens is 3. The number of H-pyrrole nitrogens is 1. The molecule has 0 radical (unpaired) electrons. The second-order valence-electron chi connectivity index (χ2n) is 3.25. The molecule has 0 fully saturated rings. The molecule has 2 rings (SSSR count). The molecule has 0 bridgehead atoms. The van der Waals surface area contributed by atoms with Crippen molar-refractivity contribution < 1.29 is 14.3 Å². The van der Waals surface area contributed by atoms with E-state index >= 15 is 0 Å². The maximum Gasteiger partial charge on any atom is 0.313 e. The Kier molecular flexibility index (Phi) is 3.97. The van der Waals surface area contributed by atoms with Crippen LogP contribution in [0.15, 0.2) is 27.8 Å². The molecule has 8 heteroatoms. The van der Waals surface area contributed by atoms with Crippen LogP contribution in [0.2, 0.25) is 0 Å². The molecule has 0 aliphatic rings. The molecule has 0 spiro atoms. The van der Waals surface area contributed by atoms with Crippen molar-refractivity contribution >= 4 is 33.7 Å². The van der Waals surface area contributed by atoms with Gasteiger partial charge in [-0.25, -0.2) is 9.37 Å². The summed E-state index contributed by atoms with van der Waals surface area (Å²) in [6.45, 7) is 0. The van der Waals surface area contributed by atoms with E-state index in [4.69, 9.17) is 5.11 Å². The van der Waals surface area contributed by atoms with Crippen molar-refractivity contribution in [1.82, 2.24) is 15.2 Å². The maximum atomic E-state index is 13.6. The summed E-state index contributed by atoms with van der Waals surface area (Å²) in [5.41, 5.74) is 0.271. The molecule has 5 nitrogen and oxygen atoms in total. The van der Waals surface area contributed by atoms with Gasteiger partial charge in [-0.15, -0.1) is 5.10 Å². The van der Waals surface area contributed by atoms with Gasteiger partial charge in [0.25, 0.3) is 0 Å². The summed E-state index contributed by atoms with van der Waals surface area (Å²) >= 11 is 4.19. The monoisotopic (exact) mass is 331 g/mol. The second kappa shape index (κ2) is 5.49. The van der Waals surface area contributed by atoms with Crippen LogP contribution in [0, 0.1) is 5.82 Å². The van der Waals surface area contributed by atoms with Gasteiger partial charge < -0.3 is 5.11 Å². The third-order valence-electron chi connectivity index (χ3n) is 1.99.